The number of ether oxygens (including phenoxy) is 2. The number of carbonyl (C=O) groups excluding carboxylic acids is 5. The van der Waals surface area contributed by atoms with Gasteiger partial charge in [0.15, 0.2) is 5.78 Å². The highest BCUT2D eigenvalue weighted by molar-refractivity contribution is 6.00. The van der Waals surface area contributed by atoms with Crippen molar-refractivity contribution in [2.75, 3.05) is 14.2 Å². The summed E-state index contributed by atoms with van der Waals surface area (Å²) in [5.74, 6) is -1.19. The molecule has 11 heteroatoms. The molecule has 4 rings (SSSR count). The number of phenolic OH excluding ortho intramolecular Hbond substituents is 4. The Morgan fingerprint density at radius 3 is 1.49 bits per heavy atom. The van der Waals surface area contributed by atoms with Gasteiger partial charge in [-0.05, 0) is 61.0 Å². The summed E-state index contributed by atoms with van der Waals surface area (Å²) < 4.78 is 9.13. The van der Waals surface area contributed by atoms with Crippen LogP contribution in [0.25, 0.3) is 0 Å². The van der Waals surface area contributed by atoms with E-state index in [1.807, 2.05) is 19.1 Å². The van der Waals surface area contributed by atoms with Crippen LogP contribution in [0.1, 0.15) is 42.2 Å². The predicted octanol–water partition coefficient (Wildman–Crippen LogP) is 4.61. The van der Waals surface area contributed by atoms with Crippen LogP contribution >= 0.6 is 0 Å². The van der Waals surface area contributed by atoms with Crippen LogP contribution in [0.15, 0.2) is 91.0 Å². The van der Waals surface area contributed by atoms with Crippen molar-refractivity contribution in [2.45, 2.75) is 13.3 Å². The first-order chi connectivity index (χ1) is 20.4. The molecule has 0 spiro atoms. The third kappa shape index (κ3) is 12.9. The molecule has 4 aromatic rings. The maximum absolute atomic E-state index is 12.1. The minimum atomic E-state index is -0.441. The average Bonchev–Trinajstić information content (AvgIpc) is 2.98. The van der Waals surface area contributed by atoms with Gasteiger partial charge in [0, 0.05) is 18.6 Å². The van der Waals surface area contributed by atoms with Crippen molar-refractivity contribution in [3.8, 4) is 23.0 Å². The molecule has 4 aromatic carbocycles. The van der Waals surface area contributed by atoms with Gasteiger partial charge in [0.05, 0.1) is 30.9 Å². The van der Waals surface area contributed by atoms with E-state index in [1.54, 1.807) is 42.5 Å². The molecular weight excluding hydrogens is 560 g/mol. The number of carbonyl (C=O) groups is 3. The molecule has 0 aliphatic carbocycles. The number of methoxy groups -OCH3 is 2. The molecule has 0 amide bonds. The van der Waals surface area contributed by atoms with Gasteiger partial charge in [-0.2, -0.15) is 9.59 Å². The number of Topliss-reactive ketones (excluding diaryl/α,β-unsaturated/α-hetero) is 1. The predicted molar refractivity (Wildman–Crippen MR) is 153 cm³/mol. The van der Waals surface area contributed by atoms with Gasteiger partial charge < -0.3 is 29.9 Å². The van der Waals surface area contributed by atoms with Gasteiger partial charge in [-0.15, -0.1) is 0 Å². The molecule has 0 atom stereocenters. The number of ketones is 1. The summed E-state index contributed by atoms with van der Waals surface area (Å²) in [7, 11) is 2.68. The van der Waals surface area contributed by atoms with Gasteiger partial charge in [0.1, 0.15) is 23.0 Å². The molecule has 0 fully saturated rings. The first kappa shape index (κ1) is 35.1. The zero-order chi connectivity index (χ0) is 32.4. The van der Waals surface area contributed by atoms with Crippen molar-refractivity contribution in [1.29, 1.82) is 0 Å². The summed E-state index contributed by atoms with van der Waals surface area (Å²) in [6.07, 6.45) is 0.333. The Bertz CT molecular complexity index is 1500. The van der Waals surface area contributed by atoms with Crippen LogP contribution in [0.4, 0.5) is 0 Å². The highest BCUT2D eigenvalue weighted by Crippen LogP contribution is 2.24. The topological polar surface area (TPSA) is 185 Å². The molecule has 0 saturated carbocycles. The number of aromatic hydroxyl groups is 4. The zero-order valence-electron chi connectivity index (χ0n) is 23.5. The summed E-state index contributed by atoms with van der Waals surface area (Å²) in [5.41, 5.74) is 2.99. The maximum atomic E-state index is 12.1. The zero-order valence-corrected chi connectivity index (χ0v) is 23.5. The van der Waals surface area contributed by atoms with Crippen LogP contribution < -0.4 is 0 Å². The lowest BCUT2D eigenvalue weighted by molar-refractivity contribution is -0.191. The Morgan fingerprint density at radius 2 is 1.09 bits per heavy atom. The lowest BCUT2D eigenvalue weighted by atomic mass is 10.0. The Labute approximate surface area is 247 Å². The molecule has 0 unspecified atom stereocenters. The Hall–Kier alpha value is -5.93. The summed E-state index contributed by atoms with van der Waals surface area (Å²) in [6.45, 7) is 1.97. The van der Waals surface area contributed by atoms with E-state index in [1.165, 1.54) is 44.6 Å². The molecular formula is C32H30O11. The van der Waals surface area contributed by atoms with Crippen LogP contribution in [-0.2, 0) is 25.5 Å². The van der Waals surface area contributed by atoms with Crippen molar-refractivity contribution in [2.24, 2.45) is 0 Å². The molecule has 0 aliphatic rings. The largest absolute Gasteiger partial charge is 0.508 e. The van der Waals surface area contributed by atoms with E-state index in [4.69, 9.17) is 19.8 Å². The Kier molecular flexibility index (Phi) is 15.0. The molecule has 0 heterocycles. The summed E-state index contributed by atoms with van der Waals surface area (Å²) >= 11 is 0. The van der Waals surface area contributed by atoms with Gasteiger partial charge in [0.2, 0.25) is 0 Å². The molecule has 11 nitrogen and oxygen atoms in total. The van der Waals surface area contributed by atoms with E-state index in [0.717, 1.165) is 11.6 Å². The van der Waals surface area contributed by atoms with E-state index < -0.39 is 5.97 Å². The molecule has 0 aliphatic heterocycles. The molecule has 0 bridgehead atoms. The van der Waals surface area contributed by atoms with Crippen molar-refractivity contribution in [3.63, 3.8) is 0 Å². The molecule has 224 valence electrons. The maximum Gasteiger partial charge on any atom is 0.373 e. The van der Waals surface area contributed by atoms with E-state index in [-0.39, 0.29) is 52.9 Å². The summed E-state index contributed by atoms with van der Waals surface area (Å²) in [6, 6.07) is 23.4. The number of aryl methyl sites for hydroxylation is 1. The van der Waals surface area contributed by atoms with Crippen LogP contribution in [0.3, 0.4) is 0 Å². The Morgan fingerprint density at radius 1 is 0.651 bits per heavy atom. The van der Waals surface area contributed by atoms with E-state index >= 15 is 0 Å². The van der Waals surface area contributed by atoms with Crippen LogP contribution in [-0.4, -0.2) is 58.5 Å². The molecule has 0 radical (unpaired) electrons. The van der Waals surface area contributed by atoms with Gasteiger partial charge in [-0.1, -0.05) is 35.9 Å². The standard InChI is InChI=1S/C16H14O5.C9H10O2.C6H6O2.CO2/c1-21-16(20)11-4-2-10(3-5-11)8-14(18)13-7-6-12(17)9-15(13)19;1-7-3-5-8(6-4-7)9(10)11-2;7-5-2-1-3-6(8)4-5;2-1-3/h2-7,9,17,19H,8H2,1H3;3-6H,1-2H3;1-4,7-8H;. The van der Waals surface area contributed by atoms with Crippen LogP contribution in [0, 0.1) is 6.92 Å². The Balaban J connectivity index is 0.000000349. The van der Waals surface area contributed by atoms with Crippen LogP contribution in [0.5, 0.6) is 23.0 Å². The van der Waals surface area contributed by atoms with Crippen LogP contribution in [0.2, 0.25) is 0 Å². The van der Waals surface area contributed by atoms with Crippen molar-refractivity contribution in [3.05, 3.63) is 119 Å². The van der Waals surface area contributed by atoms with Gasteiger partial charge in [-0.3, -0.25) is 4.79 Å². The minimum absolute atomic E-state index is 0.0831. The lowest BCUT2D eigenvalue weighted by Gasteiger charge is -2.05. The number of phenols is 4. The third-order valence-corrected chi connectivity index (χ3v) is 5.32. The van der Waals surface area contributed by atoms with Crippen molar-refractivity contribution >= 4 is 23.9 Å². The van der Waals surface area contributed by atoms with E-state index in [2.05, 4.69) is 9.47 Å². The van der Waals surface area contributed by atoms with Crippen molar-refractivity contribution in [1.82, 2.24) is 0 Å². The van der Waals surface area contributed by atoms with E-state index in [9.17, 15) is 24.6 Å². The second kappa shape index (κ2) is 18.4. The smallest absolute Gasteiger partial charge is 0.373 e. The lowest BCUT2D eigenvalue weighted by Crippen LogP contribution is -2.05. The SMILES string of the molecule is COC(=O)c1ccc(C)cc1.COC(=O)c1ccc(CC(=O)c2ccc(O)cc2O)cc1.O=C=O.Oc1cccc(O)c1. The minimum Gasteiger partial charge on any atom is -0.508 e. The average molecular weight is 591 g/mol. The van der Waals surface area contributed by atoms with E-state index in [0.29, 0.717) is 16.7 Å². The van der Waals surface area contributed by atoms with Crippen molar-refractivity contribution < 1.29 is 53.9 Å². The fraction of sp³-hybridized carbons (Fsp3) is 0.125. The number of hydrogen-bond donors (Lipinski definition) is 4. The quantitative estimate of drug-likeness (QED) is 0.188. The first-order valence-electron chi connectivity index (χ1n) is 12.3. The van der Waals surface area contributed by atoms with Gasteiger partial charge in [0.25, 0.3) is 0 Å². The summed E-state index contributed by atoms with van der Waals surface area (Å²) in [5, 5.41) is 36.2. The highest BCUT2D eigenvalue weighted by Gasteiger charge is 2.13. The highest BCUT2D eigenvalue weighted by atomic mass is 16.5. The summed E-state index contributed by atoms with van der Waals surface area (Å²) in [4.78, 5) is 50.5. The first-order valence-corrected chi connectivity index (χ1v) is 12.3. The second-order valence-electron chi connectivity index (χ2n) is 8.45. The number of hydrogen-bond acceptors (Lipinski definition) is 11. The third-order valence-electron chi connectivity index (χ3n) is 5.32. The molecule has 4 N–H and O–H groups in total. The van der Waals surface area contributed by atoms with Gasteiger partial charge >= 0.3 is 18.1 Å². The molecule has 0 aromatic heterocycles. The fourth-order valence-corrected chi connectivity index (χ4v) is 3.21. The normalized spacial score (nSPS) is 9.19. The molecule has 0 saturated heterocycles. The number of benzene rings is 4. The monoisotopic (exact) mass is 590 g/mol. The number of rotatable bonds is 5. The second-order valence-corrected chi connectivity index (χ2v) is 8.45. The number of esters is 2. The molecule has 43 heavy (non-hydrogen) atoms. The fourth-order valence-electron chi connectivity index (χ4n) is 3.21. The van der Waals surface area contributed by atoms with Gasteiger partial charge in [-0.25, -0.2) is 9.59 Å².